The highest BCUT2D eigenvalue weighted by Gasteiger charge is 2.36. The molecular formula is C14H17NO5. The molecule has 0 aromatic heterocycles. The van der Waals surface area contributed by atoms with Crippen LogP contribution >= 0.6 is 0 Å². The molecule has 1 aromatic carbocycles. The summed E-state index contributed by atoms with van der Waals surface area (Å²) in [7, 11) is 0. The Labute approximate surface area is 116 Å². The molecule has 0 aliphatic rings. The van der Waals surface area contributed by atoms with E-state index >= 15 is 0 Å². The minimum Gasteiger partial charge on any atom is -0.481 e. The van der Waals surface area contributed by atoms with Crippen LogP contribution in [0.25, 0.3) is 0 Å². The molecule has 0 bridgehead atoms. The third-order valence-electron chi connectivity index (χ3n) is 2.98. The normalized spacial score (nSPS) is 13.3. The van der Waals surface area contributed by atoms with Crippen LogP contribution in [0.4, 0.5) is 0 Å². The van der Waals surface area contributed by atoms with Gasteiger partial charge in [-0.15, -0.1) is 0 Å². The van der Waals surface area contributed by atoms with E-state index < -0.39 is 29.7 Å². The fourth-order valence-electron chi connectivity index (χ4n) is 1.71. The maximum Gasteiger partial charge on any atom is 0.311 e. The smallest absolute Gasteiger partial charge is 0.311 e. The monoisotopic (exact) mass is 279 g/mol. The predicted molar refractivity (Wildman–Crippen MR) is 71.5 cm³/mol. The van der Waals surface area contributed by atoms with Gasteiger partial charge >= 0.3 is 11.9 Å². The highest BCUT2D eigenvalue weighted by molar-refractivity contribution is 5.94. The minimum absolute atomic E-state index is 0.249. The molecule has 0 fully saturated rings. The number of hydrogen-bond donors (Lipinski definition) is 3. The lowest BCUT2D eigenvalue weighted by molar-refractivity contribution is -0.154. The number of amides is 1. The Morgan fingerprint density at radius 2 is 1.90 bits per heavy atom. The van der Waals surface area contributed by atoms with E-state index in [1.54, 1.807) is 18.2 Å². The lowest BCUT2D eigenvalue weighted by Crippen LogP contribution is -2.42. The summed E-state index contributed by atoms with van der Waals surface area (Å²) in [4.78, 5) is 33.7. The summed E-state index contributed by atoms with van der Waals surface area (Å²) in [6.07, 6.45) is -0.559. The fraction of sp³-hybridized carbons (Fsp3) is 0.357. The summed E-state index contributed by atoms with van der Waals surface area (Å²) in [5, 5.41) is 20.3. The van der Waals surface area contributed by atoms with E-state index in [0.717, 1.165) is 5.56 Å². The standard InChI is InChI=1S/C14H17NO5/c1-9-4-3-5-10(6-9)12(18)15-8-14(2,13(19)20)7-11(16)17/h3-6H,7-8H2,1-2H3,(H,15,18)(H,16,17)(H,19,20). The lowest BCUT2D eigenvalue weighted by atomic mass is 9.86. The van der Waals surface area contributed by atoms with E-state index in [2.05, 4.69) is 5.32 Å². The van der Waals surface area contributed by atoms with Gasteiger partial charge in [0.25, 0.3) is 5.91 Å². The predicted octanol–water partition coefficient (Wildman–Crippen LogP) is 1.29. The molecule has 0 saturated heterocycles. The van der Waals surface area contributed by atoms with Crippen molar-refractivity contribution < 1.29 is 24.6 Å². The van der Waals surface area contributed by atoms with Gasteiger partial charge in [0, 0.05) is 12.1 Å². The average Bonchev–Trinajstić information content (AvgIpc) is 2.35. The molecule has 0 spiro atoms. The Balaban J connectivity index is 2.75. The number of hydrogen-bond acceptors (Lipinski definition) is 3. The number of benzene rings is 1. The lowest BCUT2D eigenvalue weighted by Gasteiger charge is -2.23. The fourth-order valence-corrected chi connectivity index (χ4v) is 1.71. The van der Waals surface area contributed by atoms with E-state index in [1.165, 1.54) is 6.92 Å². The highest BCUT2D eigenvalue weighted by atomic mass is 16.4. The van der Waals surface area contributed by atoms with Gasteiger partial charge in [0.15, 0.2) is 0 Å². The number of aliphatic carboxylic acids is 2. The summed E-state index contributed by atoms with van der Waals surface area (Å²) < 4.78 is 0. The second kappa shape index (κ2) is 6.18. The maximum atomic E-state index is 11.9. The third-order valence-corrected chi connectivity index (χ3v) is 2.98. The second-order valence-corrected chi connectivity index (χ2v) is 4.99. The Kier molecular flexibility index (Phi) is 4.85. The molecule has 0 aliphatic carbocycles. The summed E-state index contributed by atoms with van der Waals surface area (Å²) in [5.41, 5.74) is -0.219. The second-order valence-electron chi connectivity index (χ2n) is 4.99. The van der Waals surface area contributed by atoms with Gasteiger partial charge in [-0.05, 0) is 26.0 Å². The highest BCUT2D eigenvalue weighted by Crippen LogP contribution is 2.21. The van der Waals surface area contributed by atoms with Crippen molar-refractivity contribution >= 4 is 17.8 Å². The molecule has 1 aromatic rings. The minimum atomic E-state index is -1.54. The molecule has 1 amide bonds. The number of rotatable bonds is 6. The molecule has 0 heterocycles. The Bertz CT molecular complexity index is 540. The van der Waals surface area contributed by atoms with E-state index in [0.29, 0.717) is 5.56 Å². The molecule has 6 nitrogen and oxygen atoms in total. The maximum absolute atomic E-state index is 11.9. The zero-order valence-electron chi connectivity index (χ0n) is 11.3. The number of carbonyl (C=O) groups excluding carboxylic acids is 1. The van der Waals surface area contributed by atoms with Gasteiger partial charge in [-0.3, -0.25) is 14.4 Å². The zero-order valence-corrected chi connectivity index (χ0v) is 11.3. The summed E-state index contributed by atoms with van der Waals surface area (Å²) in [5.74, 6) is -2.91. The molecule has 1 rings (SSSR count). The molecule has 0 radical (unpaired) electrons. The first-order valence-electron chi connectivity index (χ1n) is 6.05. The van der Waals surface area contributed by atoms with Crippen molar-refractivity contribution in [2.24, 2.45) is 5.41 Å². The Morgan fingerprint density at radius 1 is 1.25 bits per heavy atom. The van der Waals surface area contributed by atoms with E-state index in [-0.39, 0.29) is 6.54 Å². The molecule has 0 aliphatic heterocycles. The quantitative estimate of drug-likeness (QED) is 0.728. The van der Waals surface area contributed by atoms with Gasteiger partial charge in [-0.25, -0.2) is 0 Å². The van der Waals surface area contributed by atoms with Crippen molar-refractivity contribution in [3.63, 3.8) is 0 Å². The van der Waals surface area contributed by atoms with Crippen molar-refractivity contribution in [3.05, 3.63) is 35.4 Å². The number of carboxylic acids is 2. The topological polar surface area (TPSA) is 104 Å². The molecule has 108 valence electrons. The van der Waals surface area contributed by atoms with Gasteiger partial charge < -0.3 is 15.5 Å². The van der Waals surface area contributed by atoms with Crippen molar-refractivity contribution in [1.29, 1.82) is 0 Å². The number of carboxylic acid groups (broad SMARTS) is 2. The third kappa shape index (κ3) is 4.08. The summed E-state index contributed by atoms with van der Waals surface area (Å²) >= 11 is 0. The average molecular weight is 279 g/mol. The number of nitrogens with one attached hydrogen (secondary N) is 1. The molecule has 1 atom stereocenters. The van der Waals surface area contributed by atoms with Gasteiger partial charge in [-0.1, -0.05) is 17.7 Å². The molecule has 20 heavy (non-hydrogen) atoms. The van der Waals surface area contributed by atoms with Crippen LogP contribution in [0.3, 0.4) is 0 Å². The van der Waals surface area contributed by atoms with Gasteiger partial charge in [0.05, 0.1) is 11.8 Å². The summed E-state index contributed by atoms with van der Waals surface area (Å²) in [6, 6.07) is 6.84. The Hall–Kier alpha value is -2.37. The molecule has 1 unspecified atom stereocenters. The van der Waals surface area contributed by atoms with Crippen molar-refractivity contribution in [2.75, 3.05) is 6.54 Å². The van der Waals surface area contributed by atoms with Crippen molar-refractivity contribution in [3.8, 4) is 0 Å². The van der Waals surface area contributed by atoms with Gasteiger partial charge in [-0.2, -0.15) is 0 Å². The number of carbonyl (C=O) groups is 3. The van der Waals surface area contributed by atoms with Crippen LogP contribution in [-0.2, 0) is 9.59 Å². The van der Waals surface area contributed by atoms with Crippen molar-refractivity contribution in [1.82, 2.24) is 5.32 Å². The van der Waals surface area contributed by atoms with Crippen LogP contribution < -0.4 is 5.32 Å². The van der Waals surface area contributed by atoms with E-state index in [1.807, 2.05) is 13.0 Å². The van der Waals surface area contributed by atoms with Crippen LogP contribution in [0, 0.1) is 12.3 Å². The van der Waals surface area contributed by atoms with Crippen LogP contribution in [0.5, 0.6) is 0 Å². The molecular weight excluding hydrogens is 262 g/mol. The molecule has 0 saturated carbocycles. The molecule has 6 heteroatoms. The van der Waals surface area contributed by atoms with Gasteiger partial charge in [0.2, 0.25) is 0 Å². The zero-order chi connectivity index (χ0) is 15.3. The molecule has 3 N–H and O–H groups in total. The van der Waals surface area contributed by atoms with Crippen LogP contribution in [0.1, 0.15) is 29.3 Å². The van der Waals surface area contributed by atoms with E-state index in [4.69, 9.17) is 10.2 Å². The first-order valence-corrected chi connectivity index (χ1v) is 6.05. The van der Waals surface area contributed by atoms with Gasteiger partial charge in [0.1, 0.15) is 0 Å². The van der Waals surface area contributed by atoms with Crippen molar-refractivity contribution in [2.45, 2.75) is 20.3 Å². The Morgan fingerprint density at radius 3 is 2.40 bits per heavy atom. The summed E-state index contributed by atoms with van der Waals surface area (Å²) in [6.45, 7) is 2.88. The SMILES string of the molecule is Cc1cccc(C(=O)NCC(C)(CC(=O)O)C(=O)O)c1. The van der Waals surface area contributed by atoms with Crippen LogP contribution in [-0.4, -0.2) is 34.6 Å². The van der Waals surface area contributed by atoms with E-state index in [9.17, 15) is 14.4 Å². The largest absolute Gasteiger partial charge is 0.481 e. The van der Waals surface area contributed by atoms with Crippen LogP contribution in [0.2, 0.25) is 0 Å². The first-order chi connectivity index (χ1) is 9.24. The van der Waals surface area contributed by atoms with Crippen LogP contribution in [0.15, 0.2) is 24.3 Å². The number of aryl methyl sites for hydroxylation is 1. The first kappa shape index (κ1) is 15.7.